The molecule has 0 aromatic heterocycles. The summed E-state index contributed by atoms with van der Waals surface area (Å²) in [6.07, 6.45) is 2.52. The molecule has 27 heavy (non-hydrogen) atoms. The second-order valence-electron chi connectivity index (χ2n) is 6.01. The predicted molar refractivity (Wildman–Crippen MR) is 106 cm³/mol. The third-order valence-electron chi connectivity index (χ3n) is 4.18. The number of halogens is 2. The number of hydrogen-bond donors (Lipinski definition) is 1. The van der Waals surface area contributed by atoms with Crippen molar-refractivity contribution in [1.82, 2.24) is 9.73 Å². The highest BCUT2D eigenvalue weighted by Gasteiger charge is 2.39. The summed E-state index contributed by atoms with van der Waals surface area (Å²) in [6, 6.07) is 12.0. The molecule has 0 saturated carbocycles. The van der Waals surface area contributed by atoms with Crippen molar-refractivity contribution in [2.45, 2.75) is 23.8 Å². The largest absolute Gasteiger partial charge is 0.271 e. The van der Waals surface area contributed by atoms with Gasteiger partial charge < -0.3 is 0 Å². The van der Waals surface area contributed by atoms with E-state index < -0.39 is 22.0 Å². The summed E-state index contributed by atoms with van der Waals surface area (Å²) < 4.78 is 26.9. The van der Waals surface area contributed by atoms with Crippen molar-refractivity contribution in [2.24, 2.45) is 5.10 Å². The fourth-order valence-corrected chi connectivity index (χ4v) is 4.73. The minimum atomic E-state index is -3.78. The molecule has 2 aromatic rings. The van der Waals surface area contributed by atoms with Gasteiger partial charge in [-0.15, -0.1) is 0 Å². The van der Waals surface area contributed by atoms with E-state index >= 15 is 0 Å². The second kappa shape index (κ2) is 8.39. The van der Waals surface area contributed by atoms with Gasteiger partial charge in [-0.25, -0.2) is 13.8 Å². The molecule has 1 atom stereocenters. The van der Waals surface area contributed by atoms with Crippen molar-refractivity contribution in [3.05, 3.63) is 64.1 Å². The molecular formula is C18H17Cl2N3O3S. The summed E-state index contributed by atoms with van der Waals surface area (Å²) in [4.78, 5) is 12.6. The molecule has 0 bridgehead atoms. The van der Waals surface area contributed by atoms with E-state index in [1.165, 1.54) is 34.8 Å². The van der Waals surface area contributed by atoms with E-state index in [-0.39, 0.29) is 11.4 Å². The van der Waals surface area contributed by atoms with Gasteiger partial charge in [0.1, 0.15) is 6.04 Å². The molecule has 1 aliphatic rings. The molecule has 142 valence electrons. The summed E-state index contributed by atoms with van der Waals surface area (Å²) in [6.45, 7) is 0.282. The lowest BCUT2D eigenvalue weighted by molar-refractivity contribution is -0.124. The van der Waals surface area contributed by atoms with E-state index in [2.05, 4.69) is 10.5 Å². The predicted octanol–water partition coefficient (Wildman–Crippen LogP) is 3.30. The number of rotatable bonds is 5. The van der Waals surface area contributed by atoms with Gasteiger partial charge >= 0.3 is 0 Å². The number of nitrogens with one attached hydrogen (secondary N) is 1. The number of benzene rings is 2. The van der Waals surface area contributed by atoms with Crippen LogP contribution in [-0.4, -0.2) is 37.4 Å². The van der Waals surface area contributed by atoms with Gasteiger partial charge in [-0.3, -0.25) is 4.79 Å². The molecule has 1 saturated heterocycles. The highest BCUT2D eigenvalue weighted by atomic mass is 35.5. The number of sulfonamides is 1. The molecule has 0 spiro atoms. The Hall–Kier alpha value is -1.93. The normalized spacial score (nSPS) is 18.1. The van der Waals surface area contributed by atoms with E-state index in [9.17, 15) is 13.2 Å². The summed E-state index contributed by atoms with van der Waals surface area (Å²) in [5.74, 6) is -0.463. The highest BCUT2D eigenvalue weighted by Crippen LogP contribution is 2.27. The Morgan fingerprint density at radius 1 is 1.07 bits per heavy atom. The first-order valence-corrected chi connectivity index (χ1v) is 10.4. The molecule has 6 nitrogen and oxygen atoms in total. The molecule has 0 radical (unpaired) electrons. The molecule has 3 rings (SSSR count). The van der Waals surface area contributed by atoms with Gasteiger partial charge in [-0.2, -0.15) is 9.41 Å². The third kappa shape index (κ3) is 4.68. The van der Waals surface area contributed by atoms with Gasteiger partial charge in [-0.1, -0.05) is 35.3 Å². The van der Waals surface area contributed by atoms with Crippen LogP contribution < -0.4 is 5.43 Å². The molecule has 9 heteroatoms. The quantitative estimate of drug-likeness (QED) is 0.589. The number of nitrogens with zero attached hydrogens (tertiary/aromatic N) is 2. The molecule has 1 heterocycles. The van der Waals surface area contributed by atoms with Gasteiger partial charge in [0, 0.05) is 16.6 Å². The second-order valence-corrected chi connectivity index (χ2v) is 8.78. The average Bonchev–Trinajstić information content (AvgIpc) is 3.14. The van der Waals surface area contributed by atoms with E-state index in [0.717, 1.165) is 5.56 Å². The zero-order valence-electron chi connectivity index (χ0n) is 14.2. The first-order valence-electron chi connectivity index (χ1n) is 8.24. The van der Waals surface area contributed by atoms with Crippen LogP contribution in [0, 0.1) is 0 Å². The Balaban J connectivity index is 1.70. The van der Waals surface area contributed by atoms with Gasteiger partial charge in [0.2, 0.25) is 10.0 Å². The summed E-state index contributed by atoms with van der Waals surface area (Å²) in [5, 5.41) is 4.96. The Bertz CT molecular complexity index is 945. The van der Waals surface area contributed by atoms with Crippen LogP contribution in [0.2, 0.25) is 10.0 Å². The average molecular weight is 426 g/mol. The minimum absolute atomic E-state index is 0.108. The van der Waals surface area contributed by atoms with Gasteiger partial charge in [0.15, 0.2) is 0 Å². The monoisotopic (exact) mass is 425 g/mol. The van der Waals surface area contributed by atoms with Crippen molar-refractivity contribution in [3.8, 4) is 0 Å². The maximum atomic E-state index is 12.8. The maximum absolute atomic E-state index is 12.8. The summed E-state index contributed by atoms with van der Waals surface area (Å²) in [7, 11) is -3.78. The molecular weight excluding hydrogens is 409 g/mol. The summed E-state index contributed by atoms with van der Waals surface area (Å²) >= 11 is 11.6. The molecule has 1 N–H and O–H groups in total. The Kier molecular flexibility index (Phi) is 6.16. The summed E-state index contributed by atoms with van der Waals surface area (Å²) in [5.41, 5.74) is 3.18. The SMILES string of the molecule is O=C(N/N=C/c1ccc(Cl)cc1)C1CCCN1S(=O)(=O)c1ccc(Cl)cc1. The third-order valence-corrected chi connectivity index (χ3v) is 6.61. The van der Waals surface area contributed by atoms with Crippen LogP contribution in [0.5, 0.6) is 0 Å². The van der Waals surface area contributed by atoms with E-state index in [1.54, 1.807) is 24.3 Å². The lowest BCUT2D eigenvalue weighted by Gasteiger charge is -2.22. The molecule has 1 fully saturated rings. The number of carbonyl (C=O) groups excluding carboxylic acids is 1. The van der Waals surface area contributed by atoms with Crippen LogP contribution in [0.3, 0.4) is 0 Å². The maximum Gasteiger partial charge on any atom is 0.258 e. The Morgan fingerprint density at radius 3 is 2.30 bits per heavy atom. The van der Waals surface area contributed by atoms with Crippen LogP contribution >= 0.6 is 23.2 Å². The van der Waals surface area contributed by atoms with Crippen molar-refractivity contribution < 1.29 is 13.2 Å². The van der Waals surface area contributed by atoms with E-state index in [4.69, 9.17) is 23.2 Å². The van der Waals surface area contributed by atoms with Gasteiger partial charge in [0.05, 0.1) is 11.1 Å². The zero-order valence-corrected chi connectivity index (χ0v) is 16.5. The van der Waals surface area contributed by atoms with E-state index in [0.29, 0.717) is 22.9 Å². The van der Waals surface area contributed by atoms with Crippen molar-refractivity contribution in [2.75, 3.05) is 6.54 Å². The van der Waals surface area contributed by atoms with Crippen LogP contribution in [0.1, 0.15) is 18.4 Å². The van der Waals surface area contributed by atoms with Crippen LogP contribution in [0.4, 0.5) is 0 Å². The van der Waals surface area contributed by atoms with Gasteiger partial charge in [0.25, 0.3) is 5.91 Å². The van der Waals surface area contributed by atoms with E-state index in [1.807, 2.05) is 0 Å². The highest BCUT2D eigenvalue weighted by molar-refractivity contribution is 7.89. The van der Waals surface area contributed by atoms with Crippen LogP contribution in [-0.2, 0) is 14.8 Å². The topological polar surface area (TPSA) is 78.8 Å². The van der Waals surface area contributed by atoms with Crippen LogP contribution in [0.25, 0.3) is 0 Å². The zero-order chi connectivity index (χ0) is 19.4. The standard InChI is InChI=1S/C18H17Cl2N3O3S/c19-14-5-3-13(4-6-14)12-21-22-18(24)17-2-1-11-23(17)27(25,26)16-9-7-15(20)8-10-16/h3-10,12,17H,1-2,11H2,(H,22,24)/b21-12+. The number of hydrogen-bond acceptors (Lipinski definition) is 4. The molecule has 1 unspecified atom stereocenters. The Morgan fingerprint density at radius 2 is 1.67 bits per heavy atom. The first kappa shape index (κ1) is 19.8. The minimum Gasteiger partial charge on any atom is -0.271 e. The molecule has 1 amide bonds. The molecule has 0 aliphatic carbocycles. The van der Waals surface area contributed by atoms with Crippen molar-refractivity contribution >= 4 is 45.3 Å². The van der Waals surface area contributed by atoms with Crippen LogP contribution in [0.15, 0.2) is 58.5 Å². The van der Waals surface area contributed by atoms with Crippen molar-refractivity contribution in [3.63, 3.8) is 0 Å². The fourth-order valence-electron chi connectivity index (χ4n) is 2.83. The smallest absolute Gasteiger partial charge is 0.258 e. The lowest BCUT2D eigenvalue weighted by atomic mass is 10.2. The molecule has 1 aliphatic heterocycles. The number of carbonyl (C=O) groups is 1. The number of amides is 1. The first-order chi connectivity index (χ1) is 12.9. The lowest BCUT2D eigenvalue weighted by Crippen LogP contribution is -2.44. The number of hydrazone groups is 1. The van der Waals surface area contributed by atoms with Crippen molar-refractivity contribution in [1.29, 1.82) is 0 Å². The fraction of sp³-hybridized carbons (Fsp3) is 0.222. The molecule has 2 aromatic carbocycles. The Labute approximate surface area is 167 Å². The van der Waals surface area contributed by atoms with Gasteiger partial charge in [-0.05, 0) is 54.8 Å².